The third-order valence-electron chi connectivity index (χ3n) is 6.26. The van der Waals surface area contributed by atoms with Crippen molar-refractivity contribution in [3.8, 4) is 17.2 Å². The Morgan fingerprint density at radius 1 is 0.805 bits per heavy atom. The van der Waals surface area contributed by atoms with Gasteiger partial charge in [-0.25, -0.2) is 15.1 Å². The number of hydrogen-bond donors (Lipinski definition) is 2. The number of imide groups is 1. The highest BCUT2D eigenvalue weighted by Crippen LogP contribution is 2.27. The summed E-state index contributed by atoms with van der Waals surface area (Å²) in [7, 11) is 4.42. The molecule has 1 aliphatic rings. The lowest BCUT2D eigenvalue weighted by Crippen LogP contribution is -2.48. The Bertz CT molecular complexity index is 1470. The number of carbonyl (C=O) groups excluding carboxylic acids is 5. The van der Waals surface area contributed by atoms with Gasteiger partial charge in [0.2, 0.25) is 5.91 Å². The van der Waals surface area contributed by atoms with Crippen molar-refractivity contribution in [2.45, 2.75) is 12.5 Å². The van der Waals surface area contributed by atoms with Crippen molar-refractivity contribution >= 4 is 35.2 Å². The molecule has 1 aliphatic heterocycles. The fraction of sp³-hybridized carbons (Fsp3) is 0.207. The van der Waals surface area contributed by atoms with Crippen LogP contribution in [-0.2, 0) is 14.3 Å². The maximum absolute atomic E-state index is 12.9. The van der Waals surface area contributed by atoms with Gasteiger partial charge in [-0.05, 0) is 66.7 Å². The van der Waals surface area contributed by atoms with Crippen molar-refractivity contribution in [2.75, 3.05) is 32.8 Å². The van der Waals surface area contributed by atoms with Crippen molar-refractivity contribution in [2.24, 2.45) is 0 Å². The monoisotopic (exact) mass is 561 g/mol. The molecule has 212 valence electrons. The van der Waals surface area contributed by atoms with E-state index in [1.807, 2.05) is 0 Å². The Balaban J connectivity index is 1.32. The third-order valence-corrected chi connectivity index (χ3v) is 6.26. The van der Waals surface area contributed by atoms with Crippen LogP contribution in [0.3, 0.4) is 0 Å². The van der Waals surface area contributed by atoms with Crippen molar-refractivity contribution < 1.29 is 42.9 Å². The fourth-order valence-electron chi connectivity index (χ4n) is 4.04. The van der Waals surface area contributed by atoms with Crippen molar-refractivity contribution in [1.82, 2.24) is 10.9 Å². The van der Waals surface area contributed by atoms with Gasteiger partial charge < -0.3 is 18.9 Å². The minimum atomic E-state index is -1.000. The number of ketones is 1. The first kappa shape index (κ1) is 28.8. The van der Waals surface area contributed by atoms with Gasteiger partial charge in [-0.3, -0.25) is 24.6 Å². The molecule has 0 spiro atoms. The number of carbonyl (C=O) groups is 5. The fourth-order valence-corrected chi connectivity index (χ4v) is 4.04. The van der Waals surface area contributed by atoms with E-state index in [2.05, 4.69) is 10.9 Å². The van der Waals surface area contributed by atoms with E-state index in [4.69, 9.17) is 18.9 Å². The molecule has 41 heavy (non-hydrogen) atoms. The molecular weight excluding hydrogens is 534 g/mol. The van der Waals surface area contributed by atoms with Gasteiger partial charge in [-0.15, -0.1) is 0 Å². The van der Waals surface area contributed by atoms with Crippen LogP contribution in [0, 0.1) is 0 Å². The zero-order chi connectivity index (χ0) is 29.5. The largest absolute Gasteiger partial charge is 0.497 e. The maximum atomic E-state index is 12.9. The molecule has 1 heterocycles. The Morgan fingerprint density at radius 2 is 1.44 bits per heavy atom. The van der Waals surface area contributed by atoms with Crippen LogP contribution in [0.2, 0.25) is 0 Å². The van der Waals surface area contributed by atoms with Crippen molar-refractivity contribution in [3.05, 3.63) is 83.4 Å². The van der Waals surface area contributed by atoms with E-state index in [1.54, 1.807) is 30.3 Å². The predicted molar refractivity (Wildman–Crippen MR) is 145 cm³/mol. The van der Waals surface area contributed by atoms with E-state index < -0.39 is 36.3 Å². The summed E-state index contributed by atoms with van der Waals surface area (Å²) >= 11 is 0. The Hall–Kier alpha value is -5.23. The summed E-state index contributed by atoms with van der Waals surface area (Å²) in [5.41, 5.74) is 6.02. The number of methoxy groups -OCH3 is 3. The van der Waals surface area contributed by atoms with Gasteiger partial charge in [0.15, 0.2) is 23.9 Å². The molecule has 0 aliphatic carbocycles. The maximum Gasteiger partial charge on any atom is 0.338 e. The molecule has 0 saturated carbocycles. The van der Waals surface area contributed by atoms with Crippen molar-refractivity contribution in [1.29, 1.82) is 0 Å². The zero-order valence-electron chi connectivity index (χ0n) is 22.5. The number of amides is 3. The van der Waals surface area contributed by atoms with E-state index in [0.29, 0.717) is 22.8 Å². The molecular formula is C29H27N3O9. The molecule has 1 saturated heterocycles. The quantitative estimate of drug-likeness (QED) is 0.155. The minimum Gasteiger partial charge on any atom is -0.497 e. The van der Waals surface area contributed by atoms with Gasteiger partial charge in [-0.1, -0.05) is 0 Å². The van der Waals surface area contributed by atoms with E-state index in [-0.39, 0.29) is 29.0 Å². The average Bonchev–Trinajstić information content (AvgIpc) is 3.30. The first-order valence-corrected chi connectivity index (χ1v) is 12.3. The number of anilines is 1. The van der Waals surface area contributed by atoms with Crippen LogP contribution in [0.25, 0.3) is 0 Å². The van der Waals surface area contributed by atoms with Gasteiger partial charge in [0.05, 0.1) is 39.0 Å². The normalized spacial score (nSPS) is 14.4. The number of nitrogens with zero attached hydrogens (tertiary/aromatic N) is 1. The Morgan fingerprint density at radius 3 is 2.07 bits per heavy atom. The number of nitrogens with one attached hydrogen (secondary N) is 2. The molecule has 1 unspecified atom stereocenters. The lowest BCUT2D eigenvalue weighted by atomic mass is 10.1. The van der Waals surface area contributed by atoms with Crippen LogP contribution in [0.4, 0.5) is 5.69 Å². The van der Waals surface area contributed by atoms with E-state index >= 15 is 0 Å². The number of rotatable bonds is 11. The summed E-state index contributed by atoms with van der Waals surface area (Å²) in [6.45, 7) is -0.460. The molecule has 12 nitrogen and oxygen atoms in total. The first-order chi connectivity index (χ1) is 19.7. The van der Waals surface area contributed by atoms with Crippen LogP contribution in [-0.4, -0.2) is 63.5 Å². The number of hydrazine groups is 1. The molecule has 3 aromatic rings. The number of ether oxygens (including phenoxy) is 4. The summed E-state index contributed by atoms with van der Waals surface area (Å²) in [5, 5.41) is 0. The second-order valence-electron chi connectivity index (χ2n) is 8.77. The number of esters is 1. The highest BCUT2D eigenvalue weighted by molar-refractivity contribution is 6.22. The predicted octanol–water partition coefficient (Wildman–Crippen LogP) is 2.32. The summed E-state index contributed by atoms with van der Waals surface area (Å²) < 4.78 is 20.5. The Labute approximate surface area is 235 Å². The van der Waals surface area contributed by atoms with Crippen molar-refractivity contribution in [3.63, 3.8) is 0 Å². The summed E-state index contributed by atoms with van der Waals surface area (Å²) in [6.07, 6.45) is -0.192. The standard InChI is InChI=1S/C29H27N3O9/c1-38-21-11-6-17(7-12-21)23(33)16-41-29(37)18-4-9-20(10-5-18)32-26(34)15-22(28(32)36)30-31-27(35)19-8-13-24(39-2)25(14-19)40-3/h4-14,22,30H,15-16H2,1-3H3,(H,31,35). The van der Waals surface area contributed by atoms with Gasteiger partial charge in [0.1, 0.15) is 11.8 Å². The van der Waals surface area contributed by atoms with Crippen LogP contribution >= 0.6 is 0 Å². The molecule has 1 atom stereocenters. The average molecular weight is 562 g/mol. The number of hydrogen-bond acceptors (Lipinski definition) is 10. The topological polar surface area (TPSA) is 150 Å². The first-order valence-electron chi connectivity index (χ1n) is 12.3. The second-order valence-corrected chi connectivity index (χ2v) is 8.77. The van der Waals surface area contributed by atoms with Crippen LogP contribution in [0.1, 0.15) is 37.5 Å². The van der Waals surface area contributed by atoms with E-state index in [1.165, 1.54) is 57.7 Å². The van der Waals surface area contributed by atoms with Crippen LogP contribution in [0.5, 0.6) is 17.2 Å². The zero-order valence-corrected chi connectivity index (χ0v) is 22.5. The molecule has 1 fully saturated rings. The van der Waals surface area contributed by atoms with Gasteiger partial charge >= 0.3 is 5.97 Å². The number of benzene rings is 3. The Kier molecular flexibility index (Phi) is 8.95. The number of Topliss-reactive ketones (excluding diaryl/α,β-unsaturated/α-hetero) is 1. The second kappa shape index (κ2) is 12.7. The molecule has 3 amide bonds. The molecule has 3 aromatic carbocycles. The minimum absolute atomic E-state index is 0.132. The lowest BCUT2D eigenvalue weighted by Gasteiger charge is -2.16. The summed E-state index contributed by atoms with van der Waals surface area (Å²) in [5.74, 6) is -1.35. The summed E-state index contributed by atoms with van der Waals surface area (Å²) in [4.78, 5) is 63.8. The molecule has 4 rings (SSSR count). The van der Waals surface area contributed by atoms with Gasteiger partial charge in [0, 0.05) is 11.1 Å². The lowest BCUT2D eigenvalue weighted by molar-refractivity contribution is -0.121. The SMILES string of the molecule is COc1ccc(C(=O)COC(=O)c2ccc(N3C(=O)CC(NNC(=O)c4ccc(OC)c(OC)c4)C3=O)cc2)cc1. The van der Waals surface area contributed by atoms with Crippen LogP contribution < -0.4 is 30.0 Å². The van der Waals surface area contributed by atoms with Gasteiger partial charge in [0.25, 0.3) is 11.8 Å². The van der Waals surface area contributed by atoms with Crippen LogP contribution in [0.15, 0.2) is 66.7 Å². The molecule has 2 N–H and O–H groups in total. The van der Waals surface area contributed by atoms with Gasteiger partial charge in [-0.2, -0.15) is 0 Å². The van der Waals surface area contributed by atoms with E-state index in [9.17, 15) is 24.0 Å². The van der Waals surface area contributed by atoms with E-state index in [0.717, 1.165) is 4.90 Å². The molecule has 0 bridgehead atoms. The molecule has 0 radical (unpaired) electrons. The summed E-state index contributed by atoms with van der Waals surface area (Å²) in [6, 6.07) is 15.6. The molecule has 12 heteroatoms. The third kappa shape index (κ3) is 6.50. The highest BCUT2D eigenvalue weighted by atomic mass is 16.5. The highest BCUT2D eigenvalue weighted by Gasteiger charge is 2.39. The smallest absolute Gasteiger partial charge is 0.338 e. The molecule has 0 aromatic heterocycles.